The van der Waals surface area contributed by atoms with Crippen molar-refractivity contribution in [2.24, 2.45) is 16.7 Å². The van der Waals surface area contributed by atoms with Crippen LogP contribution in [0.25, 0.3) is 0 Å². The zero-order chi connectivity index (χ0) is 15.3. The van der Waals surface area contributed by atoms with Crippen LogP contribution < -0.4 is 5.48 Å². The summed E-state index contributed by atoms with van der Waals surface area (Å²) in [5.41, 5.74) is 1.28. The molecule has 0 radical (unpaired) electrons. The molecular formula is C15H27NO4. The highest BCUT2D eigenvalue weighted by atomic mass is 16.6. The zero-order valence-electron chi connectivity index (χ0n) is 13.3. The van der Waals surface area contributed by atoms with Gasteiger partial charge in [0.25, 0.3) is 0 Å². The molecule has 0 aromatic heterocycles. The summed E-state index contributed by atoms with van der Waals surface area (Å²) >= 11 is 0. The average molecular weight is 285 g/mol. The Morgan fingerprint density at radius 2 is 1.90 bits per heavy atom. The normalized spacial score (nSPS) is 38.9. The molecule has 2 rings (SSSR count). The molecular weight excluding hydrogens is 258 g/mol. The third-order valence-corrected chi connectivity index (χ3v) is 5.51. The molecule has 4 atom stereocenters. The van der Waals surface area contributed by atoms with Crippen LogP contribution in [0.15, 0.2) is 0 Å². The van der Waals surface area contributed by atoms with Crippen molar-refractivity contribution in [1.82, 2.24) is 5.48 Å². The molecule has 0 spiro atoms. The van der Waals surface area contributed by atoms with Crippen molar-refractivity contribution in [2.45, 2.75) is 72.2 Å². The minimum absolute atomic E-state index is 0.0225. The highest BCUT2D eigenvalue weighted by Gasteiger charge is 2.68. The van der Waals surface area contributed by atoms with Crippen LogP contribution in [-0.4, -0.2) is 29.1 Å². The molecule has 2 N–H and O–H groups in total. The number of fused-ring (bicyclic) bond motifs is 2. The van der Waals surface area contributed by atoms with E-state index in [0.717, 1.165) is 12.8 Å². The molecule has 2 fully saturated rings. The lowest BCUT2D eigenvalue weighted by Gasteiger charge is -2.42. The maximum absolute atomic E-state index is 11.4. The second kappa shape index (κ2) is 4.60. The Balaban J connectivity index is 2.31. The summed E-state index contributed by atoms with van der Waals surface area (Å²) in [6.07, 6.45) is 0.844. The second-order valence-corrected chi connectivity index (χ2v) is 7.92. The minimum Gasteiger partial charge on any atom is -0.442 e. The summed E-state index contributed by atoms with van der Waals surface area (Å²) in [5.74, 6) is 0.261. The lowest BCUT2D eigenvalue weighted by atomic mass is 9.70. The zero-order valence-corrected chi connectivity index (χ0v) is 13.3. The van der Waals surface area contributed by atoms with Gasteiger partial charge in [-0.15, -0.1) is 0 Å². The molecule has 0 aromatic rings. The van der Waals surface area contributed by atoms with Crippen LogP contribution in [0, 0.1) is 16.7 Å². The maximum atomic E-state index is 11.4. The van der Waals surface area contributed by atoms with Gasteiger partial charge >= 0.3 is 6.09 Å². The molecule has 116 valence electrons. The Morgan fingerprint density at radius 3 is 2.40 bits per heavy atom. The van der Waals surface area contributed by atoms with Crippen molar-refractivity contribution in [3.8, 4) is 0 Å². The van der Waals surface area contributed by atoms with E-state index in [-0.39, 0.29) is 34.6 Å². The van der Waals surface area contributed by atoms with Gasteiger partial charge < -0.3 is 9.47 Å². The quantitative estimate of drug-likeness (QED) is 0.604. The fourth-order valence-corrected chi connectivity index (χ4v) is 4.09. The summed E-state index contributed by atoms with van der Waals surface area (Å²) in [6, 6.07) is 0. The van der Waals surface area contributed by atoms with Gasteiger partial charge in [0.2, 0.25) is 0 Å². The number of hydrogen-bond donors (Lipinski definition) is 2. The topological polar surface area (TPSA) is 67.8 Å². The minimum atomic E-state index is -0.801. The van der Waals surface area contributed by atoms with Crippen molar-refractivity contribution >= 4 is 6.09 Å². The lowest BCUT2D eigenvalue weighted by molar-refractivity contribution is -0.157. The molecule has 20 heavy (non-hydrogen) atoms. The summed E-state index contributed by atoms with van der Waals surface area (Å²) in [7, 11) is 0. The smallest absolute Gasteiger partial charge is 0.431 e. The van der Waals surface area contributed by atoms with Crippen molar-refractivity contribution < 1.29 is 19.5 Å². The van der Waals surface area contributed by atoms with Gasteiger partial charge in [-0.2, -0.15) is 0 Å². The third kappa shape index (κ3) is 2.21. The molecule has 5 heteroatoms. The van der Waals surface area contributed by atoms with Gasteiger partial charge in [0, 0.05) is 11.3 Å². The van der Waals surface area contributed by atoms with Crippen LogP contribution >= 0.6 is 0 Å². The van der Waals surface area contributed by atoms with Gasteiger partial charge in [-0.05, 0) is 39.0 Å². The third-order valence-electron chi connectivity index (χ3n) is 5.51. The first kappa shape index (κ1) is 15.6. The Hall–Kier alpha value is -0.810. The van der Waals surface area contributed by atoms with Crippen LogP contribution in [-0.2, 0) is 9.47 Å². The highest BCUT2D eigenvalue weighted by molar-refractivity contribution is 5.66. The number of hydrogen-bond acceptors (Lipinski definition) is 4. The summed E-state index contributed by atoms with van der Waals surface area (Å²) in [4.78, 5) is 11.4. The molecule has 5 nitrogen and oxygen atoms in total. The predicted molar refractivity (Wildman–Crippen MR) is 74.4 cm³/mol. The van der Waals surface area contributed by atoms with Crippen LogP contribution in [0.2, 0.25) is 0 Å². The number of nitrogens with one attached hydrogen (secondary N) is 1. The summed E-state index contributed by atoms with van der Waals surface area (Å²) < 4.78 is 11.7. The molecule has 0 saturated heterocycles. The van der Waals surface area contributed by atoms with E-state index in [1.165, 1.54) is 0 Å². The first-order chi connectivity index (χ1) is 9.03. The Labute approximate surface area is 121 Å². The molecule has 2 aliphatic carbocycles. The van der Waals surface area contributed by atoms with Crippen molar-refractivity contribution in [3.63, 3.8) is 0 Å². The van der Waals surface area contributed by atoms with Crippen molar-refractivity contribution in [3.05, 3.63) is 0 Å². The van der Waals surface area contributed by atoms with Crippen LogP contribution in [0.5, 0.6) is 0 Å². The van der Waals surface area contributed by atoms with E-state index in [1.807, 2.05) is 20.8 Å². The fraction of sp³-hybridized carbons (Fsp3) is 0.933. The van der Waals surface area contributed by atoms with Crippen molar-refractivity contribution in [1.29, 1.82) is 0 Å². The van der Waals surface area contributed by atoms with Gasteiger partial charge in [-0.3, -0.25) is 5.21 Å². The summed E-state index contributed by atoms with van der Waals surface area (Å²) in [6.45, 7) is 12.7. The van der Waals surface area contributed by atoms with Crippen molar-refractivity contribution in [2.75, 3.05) is 0 Å². The monoisotopic (exact) mass is 285 g/mol. The maximum Gasteiger partial charge on any atom is 0.431 e. The van der Waals surface area contributed by atoms with Crippen LogP contribution in [0.3, 0.4) is 0 Å². The van der Waals surface area contributed by atoms with Gasteiger partial charge in [0.1, 0.15) is 12.2 Å². The predicted octanol–water partition coefficient (Wildman–Crippen LogP) is 3.11. The number of carbonyl (C=O) groups is 1. The number of ether oxygens (including phenoxy) is 2. The molecule has 2 bridgehead atoms. The molecule has 0 unspecified atom stereocenters. The van der Waals surface area contributed by atoms with E-state index in [0.29, 0.717) is 0 Å². The van der Waals surface area contributed by atoms with Gasteiger partial charge in [-0.1, -0.05) is 20.8 Å². The Morgan fingerprint density at radius 1 is 1.30 bits per heavy atom. The van der Waals surface area contributed by atoms with E-state index >= 15 is 0 Å². The standard InChI is InChI=1S/C15H27NO4/c1-13(2,3)20-11-10(19-12(17)16-18)9-7-8-15(11,6)14(9,4)5/h9-11,18H,7-8H2,1-6H3,(H,16,17)/t9-,10-,11-,15+/m1/s1. The van der Waals surface area contributed by atoms with E-state index < -0.39 is 6.09 Å². The first-order valence-corrected chi connectivity index (χ1v) is 7.31. The first-order valence-electron chi connectivity index (χ1n) is 7.31. The highest BCUT2D eigenvalue weighted by Crippen LogP contribution is 2.67. The van der Waals surface area contributed by atoms with Gasteiger partial charge in [-0.25, -0.2) is 10.3 Å². The van der Waals surface area contributed by atoms with Crippen LogP contribution in [0.1, 0.15) is 54.4 Å². The Bertz CT molecular complexity index is 401. The molecule has 0 aliphatic heterocycles. The Kier molecular flexibility index (Phi) is 3.58. The average Bonchev–Trinajstić information content (AvgIpc) is 2.61. The van der Waals surface area contributed by atoms with Gasteiger partial charge in [0.15, 0.2) is 0 Å². The van der Waals surface area contributed by atoms with E-state index in [4.69, 9.17) is 14.7 Å². The lowest BCUT2D eigenvalue weighted by Crippen LogP contribution is -2.47. The van der Waals surface area contributed by atoms with E-state index in [2.05, 4.69) is 20.8 Å². The number of rotatable bonds is 2. The SMILES string of the molecule is CC(C)(C)O[C@@H]1[C@H](OC(=O)NO)[C@H]2CC[C@]1(C)C2(C)C. The number of hydroxylamine groups is 1. The fourth-order valence-electron chi connectivity index (χ4n) is 4.09. The molecule has 0 heterocycles. The molecule has 2 saturated carbocycles. The number of amides is 1. The van der Waals surface area contributed by atoms with Gasteiger partial charge in [0.05, 0.1) is 5.60 Å². The molecule has 1 amide bonds. The molecule has 0 aromatic carbocycles. The molecule has 2 aliphatic rings. The van der Waals surface area contributed by atoms with Crippen LogP contribution in [0.4, 0.5) is 4.79 Å². The number of carbonyl (C=O) groups excluding carboxylic acids is 1. The summed E-state index contributed by atoms with van der Waals surface area (Å²) in [5, 5.41) is 8.71. The second-order valence-electron chi connectivity index (χ2n) is 7.92. The largest absolute Gasteiger partial charge is 0.442 e. The van der Waals surface area contributed by atoms with E-state index in [9.17, 15) is 4.79 Å². The van der Waals surface area contributed by atoms with E-state index in [1.54, 1.807) is 5.48 Å².